The molecule has 1 N–H and O–H groups in total. The molecule has 0 saturated heterocycles. The van der Waals surface area contributed by atoms with E-state index in [2.05, 4.69) is 0 Å². The molecular weight excluding hydrogens is 290 g/mol. The molecule has 0 heterocycles. The minimum absolute atomic E-state index is 0.135. The number of hydrogen-bond donors (Lipinski definition) is 1. The maximum absolute atomic E-state index is 12.2. The third-order valence-electron chi connectivity index (χ3n) is 3.58. The first-order chi connectivity index (χ1) is 10.3. The van der Waals surface area contributed by atoms with E-state index in [4.69, 9.17) is 14.7 Å². The molecule has 0 radical (unpaired) electrons. The molecule has 7 nitrogen and oxygen atoms in total. The van der Waals surface area contributed by atoms with Crippen LogP contribution in [0.1, 0.15) is 52.9 Å². The van der Waals surface area contributed by atoms with E-state index in [0.29, 0.717) is 5.06 Å². The van der Waals surface area contributed by atoms with Crippen LogP contribution in [0.25, 0.3) is 0 Å². The molecule has 1 amide bonds. The van der Waals surface area contributed by atoms with Crippen molar-refractivity contribution in [2.45, 2.75) is 59.2 Å². The molecule has 0 aromatic carbocycles. The lowest BCUT2D eigenvalue weighted by atomic mass is 9.89. The maximum Gasteiger partial charge on any atom is 0.325 e. The average Bonchev–Trinajstić information content (AvgIpc) is 2.45. The highest BCUT2D eigenvalue weighted by Crippen LogP contribution is 2.26. The van der Waals surface area contributed by atoms with E-state index in [1.54, 1.807) is 13.8 Å². The van der Waals surface area contributed by atoms with Crippen molar-refractivity contribution < 1.29 is 29.1 Å². The number of carboxylic acid groups (broad SMARTS) is 1. The number of esters is 1. The smallest absolute Gasteiger partial charge is 0.325 e. The molecule has 1 aliphatic rings. The summed E-state index contributed by atoms with van der Waals surface area (Å²) in [7, 11) is 0. The molecular formula is C15H25NO6. The molecule has 1 aliphatic carbocycles. The summed E-state index contributed by atoms with van der Waals surface area (Å²) in [5.74, 6) is -2.43. The van der Waals surface area contributed by atoms with Gasteiger partial charge in [0, 0.05) is 12.8 Å². The number of carbonyl (C=O) groups excluding carboxylic acids is 2. The molecule has 1 fully saturated rings. The number of rotatable bonds is 7. The van der Waals surface area contributed by atoms with E-state index in [-0.39, 0.29) is 17.8 Å². The summed E-state index contributed by atoms with van der Waals surface area (Å²) < 4.78 is 5.37. The molecule has 1 atom stereocenters. The minimum atomic E-state index is -1.20. The van der Waals surface area contributed by atoms with Gasteiger partial charge >= 0.3 is 11.9 Å². The zero-order valence-corrected chi connectivity index (χ0v) is 13.4. The van der Waals surface area contributed by atoms with E-state index in [1.807, 2.05) is 0 Å². The van der Waals surface area contributed by atoms with Gasteiger partial charge in [-0.25, -0.2) is 9.90 Å². The number of nitrogens with zero attached hydrogens (tertiary/aromatic N) is 1. The van der Waals surface area contributed by atoms with Gasteiger partial charge in [0.2, 0.25) is 12.2 Å². The fraction of sp³-hybridized carbons (Fsp3) is 0.800. The third-order valence-corrected chi connectivity index (χ3v) is 3.58. The quantitative estimate of drug-likeness (QED) is 0.438. The monoisotopic (exact) mass is 315 g/mol. The molecule has 0 aliphatic heterocycles. The largest absolute Gasteiger partial charge is 0.480 e. The Labute approximate surface area is 130 Å². The second kappa shape index (κ2) is 8.73. The lowest BCUT2D eigenvalue weighted by molar-refractivity contribution is -0.276. The Morgan fingerprint density at radius 1 is 1.18 bits per heavy atom. The summed E-state index contributed by atoms with van der Waals surface area (Å²) in [4.78, 5) is 39.6. The molecule has 0 aromatic heterocycles. The summed E-state index contributed by atoms with van der Waals surface area (Å²) in [6.45, 7) is 4.15. The fourth-order valence-corrected chi connectivity index (χ4v) is 2.30. The van der Waals surface area contributed by atoms with Gasteiger partial charge in [-0.1, -0.05) is 33.1 Å². The molecule has 126 valence electrons. The Hall–Kier alpha value is -1.63. The highest BCUT2D eigenvalue weighted by atomic mass is 16.8. The van der Waals surface area contributed by atoms with Gasteiger partial charge in [-0.15, -0.1) is 0 Å². The maximum atomic E-state index is 12.2. The SMILES string of the molecule is CC(=O)N(CC(=O)O)OC(OC(=O)C1CCCCC1)C(C)C. The van der Waals surface area contributed by atoms with Crippen molar-refractivity contribution in [2.75, 3.05) is 6.54 Å². The molecule has 1 saturated carbocycles. The summed E-state index contributed by atoms with van der Waals surface area (Å²) in [5, 5.41) is 9.50. The summed E-state index contributed by atoms with van der Waals surface area (Å²) in [6, 6.07) is 0. The number of aliphatic carboxylic acids is 1. The summed E-state index contributed by atoms with van der Waals surface area (Å²) in [6.07, 6.45) is 3.77. The third kappa shape index (κ3) is 6.01. The number of amides is 1. The average molecular weight is 315 g/mol. The molecule has 0 spiro atoms. The van der Waals surface area contributed by atoms with Crippen LogP contribution < -0.4 is 0 Å². The molecule has 0 aromatic rings. The number of ether oxygens (including phenoxy) is 1. The second-order valence-corrected chi connectivity index (χ2v) is 5.94. The van der Waals surface area contributed by atoms with E-state index >= 15 is 0 Å². The van der Waals surface area contributed by atoms with Gasteiger partial charge in [-0.2, -0.15) is 0 Å². The predicted octanol–water partition coefficient (Wildman–Crippen LogP) is 1.96. The first kappa shape index (κ1) is 18.4. The Morgan fingerprint density at radius 2 is 1.77 bits per heavy atom. The highest BCUT2D eigenvalue weighted by Gasteiger charge is 2.29. The van der Waals surface area contributed by atoms with Crippen LogP contribution in [0.5, 0.6) is 0 Å². The van der Waals surface area contributed by atoms with Crippen LogP contribution in [0.3, 0.4) is 0 Å². The highest BCUT2D eigenvalue weighted by molar-refractivity contribution is 5.78. The van der Waals surface area contributed by atoms with Crippen LogP contribution in [0.2, 0.25) is 0 Å². The predicted molar refractivity (Wildman–Crippen MR) is 77.4 cm³/mol. The first-order valence-corrected chi connectivity index (χ1v) is 7.68. The van der Waals surface area contributed by atoms with Crippen molar-refractivity contribution in [3.8, 4) is 0 Å². The van der Waals surface area contributed by atoms with Gasteiger partial charge in [0.15, 0.2) is 0 Å². The van der Waals surface area contributed by atoms with Gasteiger partial charge in [0.05, 0.1) is 5.92 Å². The van der Waals surface area contributed by atoms with Crippen molar-refractivity contribution in [1.82, 2.24) is 5.06 Å². The van der Waals surface area contributed by atoms with Gasteiger partial charge in [-0.05, 0) is 12.8 Å². The molecule has 22 heavy (non-hydrogen) atoms. The van der Waals surface area contributed by atoms with E-state index < -0.39 is 24.7 Å². The second-order valence-electron chi connectivity index (χ2n) is 5.94. The molecule has 1 rings (SSSR count). The Balaban J connectivity index is 2.65. The van der Waals surface area contributed by atoms with Crippen LogP contribution in [0.4, 0.5) is 0 Å². The topological polar surface area (TPSA) is 93.1 Å². The Kier molecular flexibility index (Phi) is 7.31. The molecule has 1 unspecified atom stereocenters. The van der Waals surface area contributed by atoms with E-state index in [1.165, 1.54) is 6.92 Å². The van der Waals surface area contributed by atoms with Crippen LogP contribution in [0.15, 0.2) is 0 Å². The zero-order chi connectivity index (χ0) is 16.7. The van der Waals surface area contributed by atoms with E-state index in [0.717, 1.165) is 32.1 Å². The normalized spacial score (nSPS) is 17.1. The lowest BCUT2D eigenvalue weighted by Crippen LogP contribution is -2.41. The zero-order valence-electron chi connectivity index (χ0n) is 13.4. The van der Waals surface area contributed by atoms with Crippen molar-refractivity contribution in [3.63, 3.8) is 0 Å². The first-order valence-electron chi connectivity index (χ1n) is 7.68. The standard InChI is InChI=1S/C15H25NO6/c1-10(2)15(22-16(11(3)17)9-13(18)19)21-14(20)12-7-5-4-6-8-12/h10,12,15H,4-9H2,1-3H3,(H,18,19). The van der Waals surface area contributed by atoms with Gasteiger partial charge < -0.3 is 9.84 Å². The number of carboxylic acids is 1. The molecule has 7 heteroatoms. The lowest BCUT2D eigenvalue weighted by Gasteiger charge is -2.29. The Morgan fingerprint density at radius 3 is 2.23 bits per heavy atom. The van der Waals surface area contributed by atoms with Crippen molar-refractivity contribution in [3.05, 3.63) is 0 Å². The van der Waals surface area contributed by atoms with Crippen LogP contribution in [-0.2, 0) is 24.0 Å². The van der Waals surface area contributed by atoms with Crippen molar-refractivity contribution in [1.29, 1.82) is 0 Å². The summed E-state index contributed by atoms with van der Waals surface area (Å²) in [5.41, 5.74) is 0. The fourth-order valence-electron chi connectivity index (χ4n) is 2.30. The van der Waals surface area contributed by atoms with Crippen molar-refractivity contribution in [2.24, 2.45) is 11.8 Å². The number of hydroxylamine groups is 2. The Bertz CT molecular complexity index is 403. The number of carbonyl (C=O) groups is 3. The van der Waals surface area contributed by atoms with Crippen LogP contribution in [0, 0.1) is 11.8 Å². The van der Waals surface area contributed by atoms with Crippen LogP contribution in [-0.4, -0.2) is 40.9 Å². The van der Waals surface area contributed by atoms with E-state index in [9.17, 15) is 14.4 Å². The molecule has 0 bridgehead atoms. The van der Waals surface area contributed by atoms with Gasteiger partial charge in [0.1, 0.15) is 6.54 Å². The van der Waals surface area contributed by atoms with Gasteiger partial charge in [-0.3, -0.25) is 14.4 Å². The van der Waals surface area contributed by atoms with Gasteiger partial charge in [0.25, 0.3) is 0 Å². The summed E-state index contributed by atoms with van der Waals surface area (Å²) >= 11 is 0. The minimum Gasteiger partial charge on any atom is -0.480 e. The number of hydrogen-bond acceptors (Lipinski definition) is 5. The van der Waals surface area contributed by atoms with Crippen LogP contribution >= 0.6 is 0 Å². The van der Waals surface area contributed by atoms with Crippen molar-refractivity contribution >= 4 is 17.8 Å².